The number of carbonyl (C=O) groups is 1. The highest BCUT2D eigenvalue weighted by Gasteiger charge is 2.23. The van der Waals surface area contributed by atoms with E-state index in [1.54, 1.807) is 6.08 Å². The first-order chi connectivity index (χ1) is 43.5. The third-order valence-corrected chi connectivity index (χ3v) is 17.7. The van der Waals surface area contributed by atoms with E-state index < -0.39 is 26.6 Å². The van der Waals surface area contributed by atoms with Gasteiger partial charge in [0.25, 0.3) is 7.82 Å². The highest BCUT2D eigenvalue weighted by Crippen LogP contribution is 2.38. The zero-order valence-corrected chi connectivity index (χ0v) is 60.0. The lowest BCUT2D eigenvalue weighted by Gasteiger charge is -2.29. The summed E-state index contributed by atoms with van der Waals surface area (Å²) in [6.45, 7) is 4.55. The van der Waals surface area contributed by atoms with Gasteiger partial charge < -0.3 is 28.8 Å². The summed E-state index contributed by atoms with van der Waals surface area (Å²) in [7, 11) is 1.25. The second-order valence-electron chi connectivity index (χ2n) is 26.6. The van der Waals surface area contributed by atoms with Crippen molar-refractivity contribution in [1.82, 2.24) is 5.32 Å². The molecule has 0 saturated heterocycles. The fourth-order valence-electron chi connectivity index (χ4n) is 10.9. The molecule has 0 aliphatic rings. The van der Waals surface area contributed by atoms with Crippen LogP contribution >= 0.6 is 7.82 Å². The monoisotopic (exact) mass is 1260 g/mol. The number of likely N-dealkylation sites (N-methyl/N-ethyl adjacent to an activating group) is 1. The van der Waals surface area contributed by atoms with Gasteiger partial charge in [-0.1, -0.05) is 354 Å². The van der Waals surface area contributed by atoms with Crippen LogP contribution in [0, 0.1) is 0 Å². The smallest absolute Gasteiger partial charge is 0.268 e. The number of hydrogen-bond donors (Lipinski definition) is 2. The van der Waals surface area contributed by atoms with Crippen LogP contribution in [0.15, 0.2) is 109 Å². The largest absolute Gasteiger partial charge is 0.756 e. The summed E-state index contributed by atoms with van der Waals surface area (Å²) in [6.07, 6.45) is 102. The fraction of sp³-hybridized carbons (Fsp3) is 0.762. The van der Waals surface area contributed by atoms with Crippen LogP contribution in [0.4, 0.5) is 0 Å². The van der Waals surface area contributed by atoms with Crippen molar-refractivity contribution in [3.8, 4) is 0 Å². The molecule has 1 amide bonds. The Morgan fingerprint density at radius 3 is 1.04 bits per heavy atom. The summed E-state index contributed by atoms with van der Waals surface area (Å²) in [4.78, 5) is 25.7. The van der Waals surface area contributed by atoms with Crippen LogP contribution < -0.4 is 10.2 Å². The molecule has 0 rings (SSSR count). The number of rotatable bonds is 69. The molecule has 0 aliphatic heterocycles. The predicted molar refractivity (Wildman–Crippen MR) is 389 cm³/mol. The molecule has 516 valence electrons. The lowest BCUT2D eigenvalue weighted by atomic mass is 10.0. The summed E-state index contributed by atoms with van der Waals surface area (Å²) < 4.78 is 23.5. The number of phosphoric ester groups is 1. The number of allylic oxidation sites excluding steroid dienone is 17. The fourth-order valence-corrected chi connectivity index (χ4v) is 11.6. The summed E-state index contributed by atoms with van der Waals surface area (Å²) in [5, 5.41) is 14.0. The first-order valence-corrected chi connectivity index (χ1v) is 39.2. The number of quaternary nitrogens is 1. The van der Waals surface area contributed by atoms with Gasteiger partial charge in [0.1, 0.15) is 13.2 Å². The number of unbranched alkanes of at least 4 members (excludes halogenated alkanes) is 40. The van der Waals surface area contributed by atoms with Gasteiger partial charge in [-0.2, -0.15) is 0 Å². The van der Waals surface area contributed by atoms with Crippen molar-refractivity contribution >= 4 is 13.7 Å². The number of amides is 1. The lowest BCUT2D eigenvalue weighted by Crippen LogP contribution is -2.45. The molecule has 0 heterocycles. The topological polar surface area (TPSA) is 108 Å². The minimum atomic E-state index is -4.62. The van der Waals surface area contributed by atoms with Crippen molar-refractivity contribution in [3.05, 3.63) is 109 Å². The molecule has 0 aromatic rings. The Balaban J connectivity index is 4.05. The zero-order valence-electron chi connectivity index (χ0n) is 59.1. The number of aliphatic hydroxyl groups is 1. The Bertz CT molecular complexity index is 1820. The molecule has 0 aromatic heterocycles. The van der Waals surface area contributed by atoms with Crippen LogP contribution in [0.2, 0.25) is 0 Å². The molecular weight excluding hydrogens is 1120 g/mol. The van der Waals surface area contributed by atoms with E-state index >= 15 is 0 Å². The highest BCUT2D eigenvalue weighted by molar-refractivity contribution is 7.45. The molecule has 89 heavy (non-hydrogen) atoms. The van der Waals surface area contributed by atoms with Gasteiger partial charge in [0.15, 0.2) is 0 Å². The summed E-state index contributed by atoms with van der Waals surface area (Å²) in [5.41, 5.74) is 0. The van der Waals surface area contributed by atoms with E-state index in [1.165, 1.54) is 238 Å². The molecule has 3 unspecified atom stereocenters. The Morgan fingerprint density at radius 2 is 0.697 bits per heavy atom. The van der Waals surface area contributed by atoms with E-state index in [-0.39, 0.29) is 12.5 Å². The lowest BCUT2D eigenvalue weighted by molar-refractivity contribution is -0.870. The molecule has 0 aromatic carbocycles. The third kappa shape index (κ3) is 72.4. The number of phosphoric acid groups is 1. The SMILES string of the molecule is CC/C=C\C/C=C\C/C=C\C/C=C\C/C=C\C/C=C\C/C=C\CCCCCCCCCCCCCCCCCCCC(=O)NC(COP(=O)([O-])OCC[N+](C)(C)C)C(O)/C=C/CC/C=C/CCCCCCCCCCCCCCCCCCCCCCCC. The van der Waals surface area contributed by atoms with Crippen molar-refractivity contribution in [2.75, 3.05) is 40.9 Å². The normalized spacial score (nSPS) is 14.2. The first-order valence-electron chi connectivity index (χ1n) is 37.7. The molecule has 0 aliphatic carbocycles. The first kappa shape index (κ1) is 86.2. The van der Waals surface area contributed by atoms with Gasteiger partial charge in [0.2, 0.25) is 5.91 Å². The highest BCUT2D eigenvalue weighted by atomic mass is 31.2. The van der Waals surface area contributed by atoms with Crippen LogP contribution in [-0.2, 0) is 18.4 Å². The molecule has 8 nitrogen and oxygen atoms in total. The second-order valence-corrected chi connectivity index (χ2v) is 28.0. The van der Waals surface area contributed by atoms with Crippen molar-refractivity contribution in [2.45, 2.75) is 353 Å². The zero-order chi connectivity index (χ0) is 64.8. The number of hydrogen-bond acceptors (Lipinski definition) is 6. The minimum Gasteiger partial charge on any atom is -0.756 e. The van der Waals surface area contributed by atoms with E-state index in [0.717, 1.165) is 83.5 Å². The second kappa shape index (κ2) is 69.5. The van der Waals surface area contributed by atoms with Gasteiger partial charge in [0.05, 0.1) is 39.9 Å². The van der Waals surface area contributed by atoms with Crippen molar-refractivity contribution in [2.24, 2.45) is 0 Å². The van der Waals surface area contributed by atoms with Crippen molar-refractivity contribution in [1.29, 1.82) is 0 Å². The molecule has 0 spiro atoms. The van der Waals surface area contributed by atoms with Crippen LogP contribution in [0.1, 0.15) is 341 Å². The van der Waals surface area contributed by atoms with Crippen molar-refractivity contribution in [3.63, 3.8) is 0 Å². The van der Waals surface area contributed by atoms with Gasteiger partial charge in [-0.3, -0.25) is 9.36 Å². The number of nitrogens with one attached hydrogen (secondary N) is 1. The van der Waals surface area contributed by atoms with Crippen LogP contribution in [0.25, 0.3) is 0 Å². The molecule has 0 radical (unpaired) electrons. The van der Waals surface area contributed by atoms with E-state index in [9.17, 15) is 19.4 Å². The number of carbonyl (C=O) groups excluding carboxylic acids is 1. The van der Waals surface area contributed by atoms with Gasteiger partial charge >= 0.3 is 0 Å². The van der Waals surface area contributed by atoms with E-state index in [1.807, 2.05) is 27.2 Å². The molecule has 9 heteroatoms. The Hall–Kier alpha value is -2.84. The molecule has 0 saturated carbocycles. The Kier molecular flexibility index (Phi) is 67.3. The minimum absolute atomic E-state index is 0.00867. The Morgan fingerprint density at radius 1 is 0.404 bits per heavy atom. The van der Waals surface area contributed by atoms with Crippen LogP contribution in [0.3, 0.4) is 0 Å². The Labute approximate surface area is 552 Å². The van der Waals surface area contributed by atoms with Gasteiger partial charge in [-0.15, -0.1) is 0 Å². The third-order valence-electron chi connectivity index (χ3n) is 16.7. The maximum atomic E-state index is 13.1. The van der Waals surface area contributed by atoms with Gasteiger partial charge in [0, 0.05) is 6.42 Å². The summed E-state index contributed by atoms with van der Waals surface area (Å²) in [6, 6.07) is -0.910. The number of aliphatic hydroxyl groups excluding tert-OH is 1. The molecule has 0 fully saturated rings. The average Bonchev–Trinajstić information content (AvgIpc) is 3.55. The van der Waals surface area contributed by atoms with E-state index in [0.29, 0.717) is 17.4 Å². The molecule has 3 atom stereocenters. The van der Waals surface area contributed by atoms with E-state index in [4.69, 9.17) is 9.05 Å². The standard InChI is InChI=1S/C80H145N2O6P/c1-6-8-10-12-14-16-18-20-22-24-26-28-30-32-34-36-37-38-39-40-41-42-43-44-45-46-48-50-52-54-56-58-60-62-64-66-68-70-72-74-80(84)81-78(77-88-89(85,86)87-76-75-82(3,4)5)79(83)73-71-69-67-65-63-61-59-57-55-53-51-49-47-35-33-31-29-27-25-23-21-19-17-15-13-11-9-7-2/h8,10,14,16,20,22,26,28,32,34,37-38,40-41,63,65,71,73,78-79,83H,6-7,9,11-13,15,17-19,21,23-25,27,29-31,33,35-36,39,42-62,64,66-70,72,74-77H2,1-5H3,(H-,81,84,85,86)/b10-8-,16-14-,22-20-,28-26-,34-32-,38-37-,41-40-,65-63+,73-71+. The van der Waals surface area contributed by atoms with Gasteiger partial charge in [-0.05, 0) is 89.9 Å². The number of nitrogens with zero attached hydrogens (tertiary/aromatic N) is 1. The van der Waals surface area contributed by atoms with E-state index in [2.05, 4.69) is 116 Å². The summed E-state index contributed by atoms with van der Waals surface area (Å²) in [5.74, 6) is -0.205. The van der Waals surface area contributed by atoms with Crippen LogP contribution in [-0.4, -0.2) is 68.5 Å². The quantitative estimate of drug-likeness (QED) is 0.0272. The van der Waals surface area contributed by atoms with Crippen molar-refractivity contribution < 1.29 is 32.9 Å². The molecule has 2 N–H and O–H groups in total. The maximum absolute atomic E-state index is 13.1. The summed E-state index contributed by atoms with van der Waals surface area (Å²) >= 11 is 0. The average molecular weight is 1260 g/mol. The molecule has 0 bridgehead atoms. The molecular formula is C80H145N2O6P. The predicted octanol–water partition coefficient (Wildman–Crippen LogP) is 24.0. The maximum Gasteiger partial charge on any atom is 0.268 e. The van der Waals surface area contributed by atoms with Gasteiger partial charge in [-0.25, -0.2) is 0 Å². The van der Waals surface area contributed by atoms with Crippen LogP contribution in [0.5, 0.6) is 0 Å².